The fourth-order valence-corrected chi connectivity index (χ4v) is 1.61. The third-order valence-electron chi connectivity index (χ3n) is 1.51. The van der Waals surface area contributed by atoms with E-state index in [2.05, 4.69) is 15.0 Å². The Hall–Kier alpha value is -1.47. The molecule has 1 heterocycles. The molecule has 1 aromatic heterocycles. The SMILES string of the molecule is CCOC(=O)c1csc(NC(=O)COC)n1. The smallest absolute Gasteiger partial charge is 0.357 e. The number of carbonyl (C=O) groups excluding carboxylic acids is 2. The lowest BCUT2D eigenvalue weighted by molar-refractivity contribution is -0.119. The number of thiazole rings is 1. The Bertz CT molecular complexity index is 377. The average molecular weight is 244 g/mol. The van der Waals surface area contributed by atoms with E-state index in [-0.39, 0.29) is 18.2 Å². The second-order valence-electron chi connectivity index (χ2n) is 2.74. The lowest BCUT2D eigenvalue weighted by Crippen LogP contribution is -2.17. The van der Waals surface area contributed by atoms with E-state index in [1.807, 2.05) is 0 Å². The van der Waals surface area contributed by atoms with E-state index in [9.17, 15) is 9.59 Å². The van der Waals surface area contributed by atoms with Crippen molar-refractivity contribution in [2.75, 3.05) is 25.6 Å². The van der Waals surface area contributed by atoms with Gasteiger partial charge in [-0.05, 0) is 6.92 Å². The van der Waals surface area contributed by atoms with Gasteiger partial charge in [0.25, 0.3) is 5.91 Å². The molecule has 88 valence electrons. The van der Waals surface area contributed by atoms with Gasteiger partial charge in [0.15, 0.2) is 10.8 Å². The highest BCUT2D eigenvalue weighted by Crippen LogP contribution is 2.15. The molecule has 0 unspecified atom stereocenters. The molecule has 0 aliphatic rings. The van der Waals surface area contributed by atoms with Gasteiger partial charge in [-0.3, -0.25) is 10.1 Å². The summed E-state index contributed by atoms with van der Waals surface area (Å²) in [5.74, 6) is -0.807. The van der Waals surface area contributed by atoms with E-state index in [4.69, 9.17) is 4.74 Å². The number of nitrogens with zero attached hydrogens (tertiary/aromatic N) is 1. The van der Waals surface area contributed by atoms with Crippen LogP contribution in [0.3, 0.4) is 0 Å². The molecular formula is C9H12N2O4S. The van der Waals surface area contributed by atoms with Crippen LogP contribution in [0, 0.1) is 0 Å². The van der Waals surface area contributed by atoms with Crippen molar-refractivity contribution < 1.29 is 19.1 Å². The summed E-state index contributed by atoms with van der Waals surface area (Å²) in [6.07, 6.45) is 0. The quantitative estimate of drug-likeness (QED) is 0.779. The fourth-order valence-electron chi connectivity index (χ4n) is 0.916. The van der Waals surface area contributed by atoms with Crippen LogP contribution in [0.2, 0.25) is 0 Å². The van der Waals surface area contributed by atoms with Gasteiger partial charge < -0.3 is 9.47 Å². The van der Waals surface area contributed by atoms with Gasteiger partial charge in [-0.1, -0.05) is 0 Å². The standard InChI is InChI=1S/C9H12N2O4S/c1-3-15-8(13)6-5-16-9(10-6)11-7(12)4-14-2/h5H,3-4H2,1-2H3,(H,10,11,12). The molecule has 0 saturated carbocycles. The summed E-state index contributed by atoms with van der Waals surface area (Å²) in [4.78, 5) is 26.3. The van der Waals surface area contributed by atoms with E-state index in [1.54, 1.807) is 6.92 Å². The number of aromatic nitrogens is 1. The Labute approximate surface area is 96.6 Å². The van der Waals surface area contributed by atoms with Gasteiger partial charge in [-0.2, -0.15) is 0 Å². The number of rotatable bonds is 5. The third-order valence-corrected chi connectivity index (χ3v) is 2.27. The van der Waals surface area contributed by atoms with Crippen molar-refractivity contribution in [2.45, 2.75) is 6.92 Å². The van der Waals surface area contributed by atoms with Gasteiger partial charge in [-0.25, -0.2) is 9.78 Å². The van der Waals surface area contributed by atoms with Crippen LogP contribution in [-0.4, -0.2) is 37.2 Å². The molecule has 0 fully saturated rings. The number of hydrogen-bond acceptors (Lipinski definition) is 6. The zero-order valence-electron chi connectivity index (χ0n) is 8.98. The molecule has 16 heavy (non-hydrogen) atoms. The maximum absolute atomic E-state index is 11.3. The third kappa shape index (κ3) is 3.59. The number of ether oxygens (including phenoxy) is 2. The van der Waals surface area contributed by atoms with Crippen molar-refractivity contribution in [3.8, 4) is 0 Å². The largest absolute Gasteiger partial charge is 0.461 e. The number of anilines is 1. The number of hydrogen-bond donors (Lipinski definition) is 1. The Morgan fingerprint density at radius 2 is 2.31 bits per heavy atom. The monoisotopic (exact) mass is 244 g/mol. The van der Waals surface area contributed by atoms with Gasteiger partial charge in [0.1, 0.15) is 6.61 Å². The Morgan fingerprint density at radius 3 is 2.94 bits per heavy atom. The van der Waals surface area contributed by atoms with Crippen LogP contribution in [0.25, 0.3) is 0 Å². The van der Waals surface area contributed by atoms with Crippen LogP contribution in [0.4, 0.5) is 5.13 Å². The first-order chi connectivity index (χ1) is 7.67. The predicted molar refractivity (Wildman–Crippen MR) is 58.6 cm³/mol. The zero-order valence-corrected chi connectivity index (χ0v) is 9.80. The van der Waals surface area contributed by atoms with Crippen LogP contribution < -0.4 is 5.32 Å². The first kappa shape index (κ1) is 12.6. The minimum absolute atomic E-state index is 0.0473. The van der Waals surface area contributed by atoms with E-state index < -0.39 is 5.97 Å². The lowest BCUT2D eigenvalue weighted by atomic mass is 10.5. The summed E-state index contributed by atoms with van der Waals surface area (Å²) in [6, 6.07) is 0. The van der Waals surface area contributed by atoms with E-state index in [0.717, 1.165) is 11.3 Å². The van der Waals surface area contributed by atoms with Crippen LogP contribution in [0.5, 0.6) is 0 Å². The van der Waals surface area contributed by atoms with Crippen molar-refractivity contribution in [3.63, 3.8) is 0 Å². The van der Waals surface area contributed by atoms with Crippen LogP contribution in [0.15, 0.2) is 5.38 Å². The molecule has 1 aromatic rings. The molecule has 0 spiro atoms. The number of amides is 1. The van der Waals surface area contributed by atoms with E-state index in [1.165, 1.54) is 12.5 Å². The first-order valence-electron chi connectivity index (χ1n) is 4.58. The number of nitrogens with one attached hydrogen (secondary N) is 1. The highest BCUT2D eigenvalue weighted by Gasteiger charge is 2.12. The molecule has 0 aromatic carbocycles. The average Bonchev–Trinajstić information content (AvgIpc) is 2.67. The maximum Gasteiger partial charge on any atom is 0.357 e. The molecule has 0 bridgehead atoms. The number of esters is 1. The highest BCUT2D eigenvalue weighted by molar-refractivity contribution is 7.14. The summed E-state index contributed by atoms with van der Waals surface area (Å²) in [7, 11) is 1.42. The fraction of sp³-hybridized carbons (Fsp3) is 0.444. The van der Waals surface area contributed by atoms with Gasteiger partial charge in [0, 0.05) is 12.5 Å². The highest BCUT2D eigenvalue weighted by atomic mass is 32.1. The van der Waals surface area contributed by atoms with Gasteiger partial charge >= 0.3 is 5.97 Å². The molecule has 1 N–H and O–H groups in total. The predicted octanol–water partition coefficient (Wildman–Crippen LogP) is 0.905. The molecule has 1 amide bonds. The van der Waals surface area contributed by atoms with E-state index >= 15 is 0 Å². The normalized spacial score (nSPS) is 9.88. The van der Waals surface area contributed by atoms with Crippen molar-refractivity contribution in [1.82, 2.24) is 4.98 Å². The second-order valence-corrected chi connectivity index (χ2v) is 3.60. The number of methoxy groups -OCH3 is 1. The zero-order chi connectivity index (χ0) is 12.0. The molecule has 0 saturated heterocycles. The topological polar surface area (TPSA) is 77.5 Å². The Balaban J connectivity index is 2.57. The van der Waals surface area contributed by atoms with Crippen LogP contribution >= 0.6 is 11.3 Å². The molecule has 0 aliphatic heterocycles. The summed E-state index contributed by atoms with van der Waals surface area (Å²) < 4.78 is 9.40. The minimum atomic E-state index is -0.494. The lowest BCUT2D eigenvalue weighted by Gasteiger charge is -1.99. The molecule has 1 rings (SSSR count). The number of carbonyl (C=O) groups is 2. The van der Waals surface area contributed by atoms with Crippen molar-refractivity contribution in [3.05, 3.63) is 11.1 Å². The van der Waals surface area contributed by atoms with Crippen molar-refractivity contribution in [2.24, 2.45) is 0 Å². The molecule has 0 aliphatic carbocycles. The minimum Gasteiger partial charge on any atom is -0.461 e. The molecule has 6 nitrogen and oxygen atoms in total. The molecular weight excluding hydrogens is 232 g/mol. The summed E-state index contributed by atoms with van der Waals surface area (Å²) in [6.45, 7) is 1.96. The van der Waals surface area contributed by atoms with Crippen molar-refractivity contribution in [1.29, 1.82) is 0 Å². The van der Waals surface area contributed by atoms with Crippen LogP contribution in [0.1, 0.15) is 17.4 Å². The van der Waals surface area contributed by atoms with Gasteiger partial charge in [0.05, 0.1) is 6.61 Å². The van der Waals surface area contributed by atoms with E-state index in [0.29, 0.717) is 11.7 Å². The Morgan fingerprint density at radius 1 is 1.56 bits per heavy atom. The molecule has 7 heteroatoms. The van der Waals surface area contributed by atoms with Crippen molar-refractivity contribution >= 4 is 28.3 Å². The summed E-state index contributed by atoms with van der Waals surface area (Å²) in [5.41, 5.74) is 0.194. The second kappa shape index (κ2) is 6.19. The molecule has 0 radical (unpaired) electrons. The summed E-state index contributed by atoms with van der Waals surface area (Å²) in [5, 5.41) is 4.38. The summed E-state index contributed by atoms with van der Waals surface area (Å²) >= 11 is 1.16. The Kier molecular flexibility index (Phi) is 4.87. The van der Waals surface area contributed by atoms with Gasteiger partial charge in [0.2, 0.25) is 0 Å². The first-order valence-corrected chi connectivity index (χ1v) is 5.46. The van der Waals surface area contributed by atoms with Crippen LogP contribution in [-0.2, 0) is 14.3 Å². The van der Waals surface area contributed by atoms with Gasteiger partial charge in [-0.15, -0.1) is 11.3 Å². The maximum atomic E-state index is 11.3. The molecule has 0 atom stereocenters.